The lowest BCUT2D eigenvalue weighted by atomic mass is 10.2. The SMILES string of the molecule is COc1ccc(N(C)Cc2cc(N)no2)cc1. The second-order valence-corrected chi connectivity index (χ2v) is 3.77. The summed E-state index contributed by atoms with van der Waals surface area (Å²) in [6.07, 6.45) is 0. The van der Waals surface area contributed by atoms with Gasteiger partial charge in [0.25, 0.3) is 0 Å². The molecule has 0 saturated heterocycles. The van der Waals surface area contributed by atoms with Crippen molar-refractivity contribution >= 4 is 11.5 Å². The van der Waals surface area contributed by atoms with E-state index in [4.69, 9.17) is 15.0 Å². The summed E-state index contributed by atoms with van der Waals surface area (Å²) in [6.45, 7) is 0.622. The highest BCUT2D eigenvalue weighted by molar-refractivity contribution is 5.48. The van der Waals surface area contributed by atoms with Crippen LogP contribution in [0.4, 0.5) is 11.5 Å². The number of aromatic nitrogens is 1. The second-order valence-electron chi connectivity index (χ2n) is 3.77. The molecule has 0 radical (unpaired) electrons. The first-order valence-corrected chi connectivity index (χ1v) is 5.25. The van der Waals surface area contributed by atoms with Crippen molar-refractivity contribution in [1.29, 1.82) is 0 Å². The van der Waals surface area contributed by atoms with Gasteiger partial charge in [0.2, 0.25) is 0 Å². The summed E-state index contributed by atoms with van der Waals surface area (Å²) < 4.78 is 10.2. The Balaban J connectivity index is 2.06. The van der Waals surface area contributed by atoms with Crippen molar-refractivity contribution in [1.82, 2.24) is 5.16 Å². The number of hydrogen-bond acceptors (Lipinski definition) is 5. The van der Waals surface area contributed by atoms with Crippen LogP contribution in [0.3, 0.4) is 0 Å². The maximum Gasteiger partial charge on any atom is 0.167 e. The Kier molecular flexibility index (Phi) is 3.18. The van der Waals surface area contributed by atoms with Crippen molar-refractivity contribution in [3.05, 3.63) is 36.1 Å². The molecule has 90 valence electrons. The van der Waals surface area contributed by atoms with Crippen LogP contribution >= 0.6 is 0 Å². The van der Waals surface area contributed by atoms with Crippen LogP contribution in [-0.4, -0.2) is 19.3 Å². The first-order chi connectivity index (χ1) is 8.19. The van der Waals surface area contributed by atoms with Gasteiger partial charge in [0.05, 0.1) is 13.7 Å². The predicted octanol–water partition coefficient (Wildman–Crippen LogP) is 1.90. The van der Waals surface area contributed by atoms with Gasteiger partial charge in [-0.25, -0.2) is 0 Å². The maximum atomic E-state index is 5.49. The van der Waals surface area contributed by atoms with E-state index in [1.165, 1.54) is 0 Å². The molecule has 1 aromatic carbocycles. The standard InChI is InChI=1S/C12H15N3O2/c1-15(8-11-7-12(13)14-17-11)9-3-5-10(16-2)6-4-9/h3-7H,8H2,1-2H3,(H2,13,14). The van der Waals surface area contributed by atoms with Crippen LogP contribution in [0, 0.1) is 0 Å². The Labute approximate surface area is 99.8 Å². The molecule has 0 bridgehead atoms. The summed E-state index contributed by atoms with van der Waals surface area (Å²) >= 11 is 0. The summed E-state index contributed by atoms with van der Waals surface area (Å²) in [6, 6.07) is 9.53. The fourth-order valence-electron chi connectivity index (χ4n) is 1.57. The van der Waals surface area contributed by atoms with Crippen LogP contribution in [0.25, 0.3) is 0 Å². The van der Waals surface area contributed by atoms with Crippen molar-refractivity contribution < 1.29 is 9.26 Å². The zero-order chi connectivity index (χ0) is 12.3. The number of rotatable bonds is 4. The van der Waals surface area contributed by atoms with Gasteiger partial charge in [0, 0.05) is 18.8 Å². The molecule has 0 spiro atoms. The van der Waals surface area contributed by atoms with E-state index < -0.39 is 0 Å². The molecular formula is C12H15N3O2. The fourth-order valence-corrected chi connectivity index (χ4v) is 1.57. The third kappa shape index (κ3) is 2.69. The third-order valence-corrected chi connectivity index (χ3v) is 2.48. The Morgan fingerprint density at radius 1 is 1.35 bits per heavy atom. The molecule has 0 fully saturated rings. The van der Waals surface area contributed by atoms with Gasteiger partial charge in [0.15, 0.2) is 11.6 Å². The molecule has 0 aliphatic rings. The van der Waals surface area contributed by atoms with Gasteiger partial charge in [-0.2, -0.15) is 0 Å². The molecule has 0 amide bonds. The largest absolute Gasteiger partial charge is 0.497 e. The van der Waals surface area contributed by atoms with Gasteiger partial charge in [-0.1, -0.05) is 5.16 Å². The Bertz CT molecular complexity index is 479. The summed E-state index contributed by atoms with van der Waals surface area (Å²) in [7, 11) is 3.62. The third-order valence-electron chi connectivity index (χ3n) is 2.48. The smallest absolute Gasteiger partial charge is 0.167 e. The quantitative estimate of drug-likeness (QED) is 0.873. The van der Waals surface area contributed by atoms with E-state index in [1.807, 2.05) is 36.2 Å². The Morgan fingerprint density at radius 2 is 2.06 bits per heavy atom. The van der Waals surface area contributed by atoms with Gasteiger partial charge in [-0.05, 0) is 24.3 Å². The molecule has 5 nitrogen and oxygen atoms in total. The molecule has 0 atom stereocenters. The lowest BCUT2D eigenvalue weighted by Gasteiger charge is -2.17. The lowest BCUT2D eigenvalue weighted by Crippen LogP contribution is -2.15. The highest BCUT2D eigenvalue weighted by Gasteiger charge is 2.06. The van der Waals surface area contributed by atoms with Crippen LogP contribution in [0.5, 0.6) is 5.75 Å². The number of nitrogens with two attached hydrogens (primary N) is 1. The molecule has 2 N–H and O–H groups in total. The highest BCUT2D eigenvalue weighted by atomic mass is 16.5. The van der Waals surface area contributed by atoms with Crippen molar-refractivity contribution in [2.45, 2.75) is 6.54 Å². The summed E-state index contributed by atoms with van der Waals surface area (Å²) in [5.41, 5.74) is 6.56. The summed E-state index contributed by atoms with van der Waals surface area (Å²) in [5, 5.41) is 3.65. The van der Waals surface area contributed by atoms with Crippen molar-refractivity contribution in [3.63, 3.8) is 0 Å². The van der Waals surface area contributed by atoms with Crippen molar-refractivity contribution in [3.8, 4) is 5.75 Å². The number of methoxy groups -OCH3 is 1. The average Bonchev–Trinajstić information content (AvgIpc) is 2.75. The molecule has 0 aliphatic carbocycles. The minimum Gasteiger partial charge on any atom is -0.497 e. The normalized spacial score (nSPS) is 10.2. The molecule has 2 rings (SSSR count). The predicted molar refractivity (Wildman–Crippen MR) is 66.0 cm³/mol. The molecule has 0 aliphatic heterocycles. The average molecular weight is 233 g/mol. The summed E-state index contributed by atoms with van der Waals surface area (Å²) in [4.78, 5) is 2.04. The molecular weight excluding hydrogens is 218 g/mol. The van der Waals surface area contributed by atoms with Gasteiger partial charge in [0.1, 0.15) is 5.75 Å². The van der Waals surface area contributed by atoms with E-state index in [2.05, 4.69) is 5.16 Å². The molecule has 2 aromatic rings. The van der Waals surface area contributed by atoms with E-state index in [-0.39, 0.29) is 0 Å². The van der Waals surface area contributed by atoms with Crippen LogP contribution in [-0.2, 0) is 6.54 Å². The molecule has 0 unspecified atom stereocenters. The first kappa shape index (κ1) is 11.3. The second kappa shape index (κ2) is 4.78. The van der Waals surface area contributed by atoms with Gasteiger partial charge >= 0.3 is 0 Å². The number of benzene rings is 1. The minimum atomic E-state index is 0.406. The van der Waals surface area contributed by atoms with Crippen molar-refractivity contribution in [2.24, 2.45) is 0 Å². The molecule has 1 aromatic heterocycles. The van der Waals surface area contributed by atoms with E-state index in [0.717, 1.165) is 17.2 Å². The number of hydrogen-bond donors (Lipinski definition) is 1. The van der Waals surface area contributed by atoms with Gasteiger partial charge in [-0.15, -0.1) is 0 Å². The van der Waals surface area contributed by atoms with Crippen molar-refractivity contribution in [2.75, 3.05) is 24.8 Å². The van der Waals surface area contributed by atoms with Gasteiger partial charge in [-0.3, -0.25) is 0 Å². The molecule has 17 heavy (non-hydrogen) atoms. The Hall–Kier alpha value is -2.17. The zero-order valence-electron chi connectivity index (χ0n) is 9.88. The number of anilines is 2. The van der Waals surface area contributed by atoms with Gasteiger partial charge < -0.3 is 19.9 Å². The lowest BCUT2D eigenvalue weighted by molar-refractivity contribution is 0.385. The zero-order valence-corrected chi connectivity index (χ0v) is 9.88. The topological polar surface area (TPSA) is 64.5 Å². The monoisotopic (exact) mass is 233 g/mol. The number of nitrogens with zero attached hydrogens (tertiary/aromatic N) is 2. The summed E-state index contributed by atoms with van der Waals surface area (Å²) in [5.74, 6) is 1.98. The molecule has 0 saturated carbocycles. The van der Waals surface area contributed by atoms with Crippen LogP contribution < -0.4 is 15.4 Å². The van der Waals surface area contributed by atoms with Crippen LogP contribution in [0.15, 0.2) is 34.9 Å². The van der Waals surface area contributed by atoms with E-state index in [0.29, 0.717) is 12.4 Å². The maximum absolute atomic E-state index is 5.49. The Morgan fingerprint density at radius 3 is 2.59 bits per heavy atom. The fraction of sp³-hybridized carbons (Fsp3) is 0.250. The minimum absolute atomic E-state index is 0.406. The number of ether oxygens (including phenoxy) is 1. The molecule has 5 heteroatoms. The number of nitrogen functional groups attached to an aromatic ring is 1. The first-order valence-electron chi connectivity index (χ1n) is 5.25. The van der Waals surface area contributed by atoms with E-state index in [9.17, 15) is 0 Å². The van der Waals surface area contributed by atoms with Crippen LogP contribution in [0.2, 0.25) is 0 Å². The van der Waals surface area contributed by atoms with E-state index >= 15 is 0 Å². The highest BCUT2D eigenvalue weighted by Crippen LogP contribution is 2.20. The van der Waals surface area contributed by atoms with Crippen LogP contribution in [0.1, 0.15) is 5.76 Å². The van der Waals surface area contributed by atoms with E-state index in [1.54, 1.807) is 13.2 Å². The molecule has 1 heterocycles.